The van der Waals surface area contributed by atoms with Crippen LogP contribution in [0.25, 0.3) is 0 Å². The molecule has 7 nitrogen and oxygen atoms in total. The van der Waals surface area contributed by atoms with Crippen LogP contribution in [0.4, 0.5) is 11.8 Å². The Balaban J connectivity index is 1.59. The first-order valence-corrected chi connectivity index (χ1v) is 10.6. The molecule has 142 valence electrons. The highest BCUT2D eigenvalue weighted by atomic mass is 32.2. The normalized spacial score (nSPS) is 19.6. The van der Waals surface area contributed by atoms with E-state index < -0.39 is 0 Å². The first-order valence-electron chi connectivity index (χ1n) is 9.35. The van der Waals surface area contributed by atoms with Gasteiger partial charge in [0.15, 0.2) is 10.3 Å². The van der Waals surface area contributed by atoms with Crippen molar-refractivity contribution in [3.63, 3.8) is 0 Å². The summed E-state index contributed by atoms with van der Waals surface area (Å²) < 4.78 is 0. The van der Waals surface area contributed by atoms with E-state index in [2.05, 4.69) is 37.4 Å². The molecule has 0 aromatic carbocycles. The van der Waals surface area contributed by atoms with Crippen LogP contribution < -0.4 is 15.5 Å². The lowest BCUT2D eigenvalue weighted by atomic mass is 10.0. The van der Waals surface area contributed by atoms with E-state index in [0.29, 0.717) is 28.3 Å². The van der Waals surface area contributed by atoms with E-state index in [1.165, 1.54) is 43.9 Å². The molecule has 2 N–H and O–H groups in total. The molecule has 0 radical (unpaired) electrons. The standard InChI is InChI=1S/C18H23N7S2/c1-12-5-2-3-10-25(12)14-11-15(27-18-19-8-4-9-20-18)23-16(22-14)24-17(26)21-13-6-7-13/h4,8-9,11-13H,2-3,5-7,10H2,1H3,(H2,21,22,23,24,26)/t12-/m0/s1. The third-order valence-corrected chi connectivity index (χ3v) is 5.69. The fourth-order valence-corrected chi connectivity index (χ4v) is 4.06. The Morgan fingerprint density at radius 2 is 2.00 bits per heavy atom. The SMILES string of the molecule is C[C@H]1CCCCN1c1cc(Sc2ncccn2)nc(NC(=S)NC2CC2)n1. The van der Waals surface area contributed by atoms with Gasteiger partial charge >= 0.3 is 0 Å². The third-order valence-electron chi connectivity index (χ3n) is 4.66. The average Bonchev–Trinajstić information content (AvgIpc) is 3.46. The lowest BCUT2D eigenvalue weighted by molar-refractivity contribution is 0.480. The van der Waals surface area contributed by atoms with Gasteiger partial charge in [-0.3, -0.25) is 0 Å². The Hall–Kier alpha value is -2.00. The maximum Gasteiger partial charge on any atom is 0.232 e. The number of hydrogen-bond donors (Lipinski definition) is 2. The number of aromatic nitrogens is 4. The molecule has 0 amide bonds. The van der Waals surface area contributed by atoms with Gasteiger partial charge in [0.25, 0.3) is 0 Å². The molecule has 1 atom stereocenters. The molecule has 3 heterocycles. The molecule has 0 bridgehead atoms. The molecule has 1 aliphatic heterocycles. The zero-order chi connectivity index (χ0) is 18.6. The van der Waals surface area contributed by atoms with Crippen molar-refractivity contribution in [1.29, 1.82) is 0 Å². The van der Waals surface area contributed by atoms with Crippen molar-refractivity contribution < 1.29 is 0 Å². The van der Waals surface area contributed by atoms with Crippen molar-refractivity contribution in [1.82, 2.24) is 25.3 Å². The third kappa shape index (κ3) is 5.04. The van der Waals surface area contributed by atoms with Crippen molar-refractivity contribution in [2.75, 3.05) is 16.8 Å². The molecule has 0 spiro atoms. The smallest absolute Gasteiger partial charge is 0.232 e. The van der Waals surface area contributed by atoms with E-state index in [4.69, 9.17) is 17.2 Å². The van der Waals surface area contributed by atoms with Crippen LogP contribution in [0.2, 0.25) is 0 Å². The van der Waals surface area contributed by atoms with Crippen molar-refractivity contribution in [3.8, 4) is 0 Å². The largest absolute Gasteiger partial charge is 0.360 e. The fourth-order valence-electron chi connectivity index (χ4n) is 3.09. The molecule has 2 aromatic rings. The van der Waals surface area contributed by atoms with E-state index >= 15 is 0 Å². The van der Waals surface area contributed by atoms with Crippen LogP contribution in [-0.2, 0) is 0 Å². The van der Waals surface area contributed by atoms with Crippen LogP contribution in [-0.4, -0.2) is 43.7 Å². The maximum atomic E-state index is 5.40. The summed E-state index contributed by atoms with van der Waals surface area (Å²) in [7, 11) is 0. The number of thiocarbonyl (C=S) groups is 1. The predicted octanol–water partition coefficient (Wildman–Crippen LogP) is 3.25. The molecular weight excluding hydrogens is 378 g/mol. The Labute approximate surface area is 168 Å². The summed E-state index contributed by atoms with van der Waals surface area (Å²) in [6, 6.07) is 4.77. The van der Waals surface area contributed by atoms with Gasteiger partial charge in [0.2, 0.25) is 5.95 Å². The van der Waals surface area contributed by atoms with Crippen LogP contribution >= 0.6 is 24.0 Å². The quantitative estimate of drug-likeness (QED) is 0.446. The summed E-state index contributed by atoms with van der Waals surface area (Å²) in [5.74, 6) is 1.44. The van der Waals surface area contributed by atoms with Gasteiger partial charge in [0.1, 0.15) is 10.8 Å². The summed E-state index contributed by atoms with van der Waals surface area (Å²) in [6.45, 7) is 3.26. The molecule has 1 saturated carbocycles. The molecule has 1 aliphatic carbocycles. The van der Waals surface area contributed by atoms with Crippen LogP contribution in [0.3, 0.4) is 0 Å². The summed E-state index contributed by atoms with van der Waals surface area (Å²) in [5, 5.41) is 8.47. The number of nitrogens with one attached hydrogen (secondary N) is 2. The highest BCUT2D eigenvalue weighted by Crippen LogP contribution is 2.30. The van der Waals surface area contributed by atoms with Crippen LogP contribution in [0, 0.1) is 0 Å². The van der Waals surface area contributed by atoms with Crippen molar-refractivity contribution in [3.05, 3.63) is 24.5 Å². The highest BCUT2D eigenvalue weighted by Gasteiger charge is 2.23. The van der Waals surface area contributed by atoms with Gasteiger partial charge in [-0.1, -0.05) is 0 Å². The Kier molecular flexibility index (Phi) is 5.68. The molecule has 27 heavy (non-hydrogen) atoms. The second-order valence-corrected chi connectivity index (χ2v) is 8.33. The summed E-state index contributed by atoms with van der Waals surface area (Å²) in [6.07, 6.45) is 9.43. The van der Waals surface area contributed by atoms with Gasteiger partial charge in [-0.15, -0.1) is 0 Å². The van der Waals surface area contributed by atoms with Crippen molar-refractivity contribution >= 4 is 40.9 Å². The number of piperidine rings is 1. The second kappa shape index (κ2) is 8.35. The molecular formula is C18H23N7S2. The van der Waals surface area contributed by atoms with E-state index in [0.717, 1.165) is 17.4 Å². The number of anilines is 2. The fraction of sp³-hybridized carbons (Fsp3) is 0.500. The first-order chi connectivity index (χ1) is 13.2. The molecule has 2 aromatic heterocycles. The average molecular weight is 402 g/mol. The van der Waals surface area contributed by atoms with Gasteiger partial charge in [-0.2, -0.15) is 4.98 Å². The Morgan fingerprint density at radius 1 is 1.19 bits per heavy atom. The number of nitrogens with zero attached hydrogens (tertiary/aromatic N) is 5. The molecule has 2 fully saturated rings. The minimum Gasteiger partial charge on any atom is -0.360 e. The van der Waals surface area contributed by atoms with Crippen LogP contribution in [0.5, 0.6) is 0 Å². The molecule has 9 heteroatoms. The summed E-state index contributed by atoms with van der Waals surface area (Å²) in [4.78, 5) is 20.3. The summed E-state index contributed by atoms with van der Waals surface area (Å²) >= 11 is 6.83. The minimum absolute atomic E-state index is 0.462. The lowest BCUT2D eigenvalue weighted by Gasteiger charge is -2.34. The topological polar surface area (TPSA) is 78.9 Å². The van der Waals surface area contributed by atoms with Crippen LogP contribution in [0.15, 0.2) is 34.7 Å². The van der Waals surface area contributed by atoms with Gasteiger partial charge in [-0.25, -0.2) is 15.0 Å². The van der Waals surface area contributed by atoms with E-state index in [1.807, 2.05) is 6.07 Å². The van der Waals surface area contributed by atoms with E-state index in [9.17, 15) is 0 Å². The summed E-state index contributed by atoms with van der Waals surface area (Å²) in [5.41, 5.74) is 0. The van der Waals surface area contributed by atoms with Gasteiger partial charge < -0.3 is 15.5 Å². The Bertz CT molecular complexity index is 798. The van der Waals surface area contributed by atoms with Gasteiger partial charge in [0, 0.05) is 37.1 Å². The molecule has 0 unspecified atom stereocenters. The maximum absolute atomic E-state index is 5.40. The van der Waals surface area contributed by atoms with E-state index in [1.54, 1.807) is 18.5 Å². The monoisotopic (exact) mass is 401 g/mol. The van der Waals surface area contributed by atoms with Gasteiger partial charge in [0.05, 0.1) is 0 Å². The first kappa shape index (κ1) is 18.4. The molecule has 4 rings (SSSR count). The van der Waals surface area contributed by atoms with Crippen molar-refractivity contribution in [2.24, 2.45) is 0 Å². The second-order valence-electron chi connectivity index (χ2n) is 6.93. The number of rotatable bonds is 5. The van der Waals surface area contributed by atoms with Crippen LogP contribution in [0.1, 0.15) is 39.0 Å². The number of hydrogen-bond acceptors (Lipinski definition) is 7. The van der Waals surface area contributed by atoms with Crippen molar-refractivity contribution in [2.45, 2.75) is 61.3 Å². The zero-order valence-electron chi connectivity index (χ0n) is 15.3. The molecule has 2 aliphatic rings. The Morgan fingerprint density at radius 3 is 2.74 bits per heavy atom. The minimum atomic E-state index is 0.462. The molecule has 1 saturated heterocycles. The zero-order valence-corrected chi connectivity index (χ0v) is 16.9. The van der Waals surface area contributed by atoms with Gasteiger partial charge in [-0.05, 0) is 69.1 Å². The van der Waals surface area contributed by atoms with E-state index in [-0.39, 0.29) is 0 Å². The predicted molar refractivity (Wildman–Crippen MR) is 111 cm³/mol. The highest BCUT2D eigenvalue weighted by molar-refractivity contribution is 7.99. The lowest BCUT2D eigenvalue weighted by Crippen LogP contribution is -2.38.